The Bertz CT molecular complexity index is 691. The maximum atomic E-state index is 10.5. The third kappa shape index (κ3) is 20.2. The van der Waals surface area contributed by atoms with Crippen molar-refractivity contribution in [3.63, 3.8) is 0 Å². The van der Waals surface area contributed by atoms with E-state index in [-0.39, 0.29) is 76.9 Å². The van der Waals surface area contributed by atoms with Gasteiger partial charge in [-0.15, -0.1) is 0 Å². The van der Waals surface area contributed by atoms with Gasteiger partial charge in [-0.2, -0.15) is 7.82 Å². The summed E-state index contributed by atoms with van der Waals surface area (Å²) in [7, 11) is -5.39. The Morgan fingerprint density at radius 1 is 1.31 bits per heavy atom. The monoisotopic (exact) mass is 456 g/mol. The van der Waals surface area contributed by atoms with E-state index in [1.165, 1.54) is 6.20 Å². The fourth-order valence-electron chi connectivity index (χ4n) is 1.31. The molecule has 0 fully saturated rings. The average Bonchev–Trinajstić information content (AvgIpc) is 2.53. The van der Waals surface area contributed by atoms with Crippen molar-refractivity contribution in [2.45, 2.75) is 32.4 Å². The number of aliphatic hydroxyl groups is 1. The molecule has 0 amide bonds. The fourth-order valence-corrected chi connectivity index (χ4v) is 1.31. The Morgan fingerprint density at radius 2 is 1.76 bits per heavy atom. The number of carbonyl (C=O) groups is 3. The van der Waals surface area contributed by atoms with Crippen molar-refractivity contribution in [1.29, 1.82) is 0 Å². The average molecular weight is 457 g/mol. The summed E-state index contributed by atoms with van der Waals surface area (Å²) in [5.74, 6) is -2.63. The molecule has 1 aromatic heterocycles. The summed E-state index contributed by atoms with van der Waals surface area (Å²) in [5.41, 5.74) is 5.81. The molecule has 0 aliphatic carbocycles. The Morgan fingerprint density at radius 3 is 2.07 bits per heavy atom. The number of carbonyl (C=O) groups excluding carboxylic acids is 2. The van der Waals surface area contributed by atoms with Crippen LogP contribution in [0.25, 0.3) is 0 Å². The van der Waals surface area contributed by atoms with Crippen molar-refractivity contribution in [1.82, 2.24) is 4.98 Å². The minimum atomic E-state index is -5.39. The van der Waals surface area contributed by atoms with E-state index in [2.05, 4.69) is 4.98 Å². The number of nitrogens with two attached hydrogens (primary N) is 1. The van der Waals surface area contributed by atoms with Crippen LogP contribution in [0.1, 0.15) is 34.5 Å². The van der Waals surface area contributed by atoms with E-state index in [1.807, 2.05) is 0 Å². The first-order chi connectivity index (χ1) is 12.2. The first-order valence-electron chi connectivity index (χ1n) is 6.89. The van der Waals surface area contributed by atoms with Gasteiger partial charge in [0.2, 0.25) is 0 Å². The van der Waals surface area contributed by atoms with Gasteiger partial charge >= 0.3 is 52.1 Å². The first kappa shape index (κ1) is 35.6. The van der Waals surface area contributed by atoms with E-state index < -0.39 is 25.8 Å². The van der Waals surface area contributed by atoms with Gasteiger partial charge in [-0.1, -0.05) is 0 Å². The van der Waals surface area contributed by atoms with Gasteiger partial charge in [0.05, 0.1) is 17.9 Å². The zero-order valence-corrected chi connectivity index (χ0v) is 19.1. The molecular formula is C13H17Mg2N2O11P. The molecule has 5 N–H and O–H groups in total. The molecule has 16 heteroatoms. The van der Waals surface area contributed by atoms with Crippen molar-refractivity contribution < 1.29 is 54.1 Å². The molecule has 0 radical (unpaired) electrons. The Kier molecular flexibility index (Phi) is 22.0. The molecule has 1 heterocycles. The molecule has 1 rings (SSSR count). The second-order valence-corrected chi connectivity index (χ2v) is 5.60. The normalized spacial score (nSPS) is 10.4. The van der Waals surface area contributed by atoms with Gasteiger partial charge in [0.15, 0.2) is 6.29 Å². The van der Waals surface area contributed by atoms with Gasteiger partial charge < -0.3 is 50.2 Å². The number of aliphatic carboxylic acids is 2. The molecule has 0 saturated carbocycles. The molecule has 0 spiro atoms. The van der Waals surface area contributed by atoms with E-state index in [9.17, 15) is 24.6 Å². The molecule has 154 valence electrons. The van der Waals surface area contributed by atoms with Crippen molar-refractivity contribution in [2.24, 2.45) is 5.73 Å². The SMILES string of the molecule is Cc1ncc(CO)c(C=O)c1O.N[C@@H](CCC(=O)[O-])C(=O)O.O=P([O-])([O-])[O-].[Mg+2].[Mg+2]. The number of pyridine rings is 1. The molecule has 0 aromatic carbocycles. The molecule has 0 aliphatic heterocycles. The van der Waals surface area contributed by atoms with Crippen LogP contribution in [-0.4, -0.2) is 90.7 Å². The summed E-state index contributed by atoms with van der Waals surface area (Å²) in [4.78, 5) is 59.6. The van der Waals surface area contributed by atoms with E-state index in [0.29, 0.717) is 17.5 Å². The predicted octanol–water partition coefficient (Wildman–Crippen LogP) is -5.26. The second kappa shape index (κ2) is 17.9. The van der Waals surface area contributed by atoms with Crippen LogP contribution in [0.4, 0.5) is 0 Å². The number of aldehydes is 1. The van der Waals surface area contributed by atoms with Crippen molar-refractivity contribution in [3.05, 3.63) is 23.0 Å². The van der Waals surface area contributed by atoms with Crippen LogP contribution < -0.4 is 25.5 Å². The number of aryl methyl sites for hydroxylation is 1. The van der Waals surface area contributed by atoms with Crippen LogP contribution in [-0.2, 0) is 20.8 Å². The predicted molar refractivity (Wildman–Crippen MR) is 90.9 cm³/mol. The summed E-state index contributed by atoms with van der Waals surface area (Å²) in [6, 6.07) is -1.10. The molecule has 0 saturated heterocycles. The molecular weight excluding hydrogens is 440 g/mol. The van der Waals surface area contributed by atoms with Crippen LogP contribution in [0.15, 0.2) is 6.20 Å². The van der Waals surface area contributed by atoms with Crippen molar-refractivity contribution in [2.75, 3.05) is 0 Å². The van der Waals surface area contributed by atoms with Gasteiger partial charge in [0.25, 0.3) is 0 Å². The molecule has 13 nitrogen and oxygen atoms in total. The number of hydrogen-bond donors (Lipinski definition) is 4. The number of rotatable bonds is 6. The minimum Gasteiger partial charge on any atom is -0.822 e. The fraction of sp³-hybridized carbons (Fsp3) is 0.385. The van der Waals surface area contributed by atoms with E-state index in [4.69, 9.17) is 35.2 Å². The number of carboxylic acid groups (broad SMARTS) is 2. The number of aromatic nitrogens is 1. The van der Waals surface area contributed by atoms with Gasteiger partial charge in [-0.25, -0.2) is 0 Å². The molecule has 1 aromatic rings. The van der Waals surface area contributed by atoms with Crippen LogP contribution in [0, 0.1) is 6.92 Å². The number of phosphoric acid groups is 1. The smallest absolute Gasteiger partial charge is 0.822 e. The summed E-state index contributed by atoms with van der Waals surface area (Å²) in [6.07, 6.45) is 1.49. The number of hydrogen-bond acceptors (Lipinski definition) is 12. The molecule has 0 unspecified atom stereocenters. The van der Waals surface area contributed by atoms with Gasteiger partial charge in [-0.3, -0.25) is 14.6 Å². The van der Waals surface area contributed by atoms with E-state index in [0.717, 1.165) is 0 Å². The Hall–Kier alpha value is -0.878. The molecule has 29 heavy (non-hydrogen) atoms. The Balaban J connectivity index is -0.000000168. The van der Waals surface area contributed by atoms with Gasteiger partial charge in [0.1, 0.15) is 11.8 Å². The molecule has 0 aliphatic rings. The largest absolute Gasteiger partial charge is 2.00 e. The summed E-state index contributed by atoms with van der Waals surface area (Å²) in [5, 5.41) is 36.0. The third-order valence-electron chi connectivity index (χ3n) is 2.62. The maximum Gasteiger partial charge on any atom is 2.00 e. The van der Waals surface area contributed by atoms with Crippen LogP contribution >= 0.6 is 7.82 Å². The zero-order chi connectivity index (χ0) is 21.8. The summed E-state index contributed by atoms with van der Waals surface area (Å²) < 4.78 is 8.55. The minimum absolute atomic E-state index is 0. The van der Waals surface area contributed by atoms with Crippen LogP contribution in [0.2, 0.25) is 0 Å². The Labute approximate surface area is 197 Å². The topological polar surface area (TPSA) is 260 Å². The summed E-state index contributed by atoms with van der Waals surface area (Å²) >= 11 is 0. The van der Waals surface area contributed by atoms with Gasteiger partial charge in [-0.05, 0) is 19.8 Å². The van der Waals surface area contributed by atoms with Crippen molar-refractivity contribution in [3.8, 4) is 5.75 Å². The molecule has 0 bridgehead atoms. The number of carboxylic acids is 2. The second-order valence-electron chi connectivity index (χ2n) is 4.71. The maximum absolute atomic E-state index is 10.5. The summed E-state index contributed by atoms with van der Waals surface area (Å²) in [6.45, 7) is 1.29. The number of aromatic hydroxyl groups is 1. The van der Waals surface area contributed by atoms with Crippen LogP contribution in [0.5, 0.6) is 5.75 Å². The van der Waals surface area contributed by atoms with Crippen LogP contribution in [0.3, 0.4) is 0 Å². The molecule has 1 atom stereocenters. The standard InChI is InChI=1S/C8H9NO3.C5H9NO4.2Mg.H3O4P/c1-5-8(12)7(4-11)6(3-10)2-9-5;6-3(5(9)10)1-2-4(7)8;;;1-5(2,3)4/h2,4,10,12H,3H2,1H3;3H,1-2,6H2,(H,7,8)(H,9,10);;;(H3,1,2,3,4)/q;;2*+2;/p-4/t;3-;;;/m.0.../s1. The third-order valence-corrected chi connectivity index (χ3v) is 2.62. The number of aliphatic hydroxyl groups excluding tert-OH is 1. The zero-order valence-electron chi connectivity index (χ0n) is 15.3. The van der Waals surface area contributed by atoms with Gasteiger partial charge in [0, 0.05) is 17.7 Å². The van der Waals surface area contributed by atoms with E-state index in [1.54, 1.807) is 6.92 Å². The van der Waals surface area contributed by atoms with E-state index >= 15 is 0 Å². The number of nitrogens with zero attached hydrogens (tertiary/aromatic N) is 1. The quantitative estimate of drug-likeness (QED) is 0.177. The van der Waals surface area contributed by atoms with Crippen molar-refractivity contribution >= 4 is 72.2 Å². The first-order valence-corrected chi connectivity index (χ1v) is 8.35.